The van der Waals surface area contributed by atoms with E-state index in [1.165, 1.54) is 5.56 Å². The Morgan fingerprint density at radius 3 is 2.18 bits per heavy atom. The second-order valence-corrected chi connectivity index (χ2v) is 5.26. The SMILES string of the molecule is Cc1ccc(/C(=N/NC(=O)OC(C)C)c2ccccc2)cc1. The maximum Gasteiger partial charge on any atom is 0.428 e. The van der Waals surface area contributed by atoms with E-state index in [-0.39, 0.29) is 6.10 Å². The largest absolute Gasteiger partial charge is 0.446 e. The summed E-state index contributed by atoms with van der Waals surface area (Å²) in [6.07, 6.45) is -0.745. The van der Waals surface area contributed by atoms with Gasteiger partial charge in [0.2, 0.25) is 0 Å². The van der Waals surface area contributed by atoms with Gasteiger partial charge in [0.15, 0.2) is 0 Å². The molecule has 0 heterocycles. The highest BCUT2D eigenvalue weighted by molar-refractivity contribution is 6.13. The topological polar surface area (TPSA) is 50.7 Å². The molecular weight excluding hydrogens is 276 g/mol. The second-order valence-electron chi connectivity index (χ2n) is 5.26. The van der Waals surface area contributed by atoms with Gasteiger partial charge in [0, 0.05) is 11.1 Å². The monoisotopic (exact) mass is 296 g/mol. The average Bonchev–Trinajstić information content (AvgIpc) is 2.49. The van der Waals surface area contributed by atoms with Crippen LogP contribution < -0.4 is 5.43 Å². The number of amides is 1. The molecule has 2 aromatic carbocycles. The summed E-state index contributed by atoms with van der Waals surface area (Å²) >= 11 is 0. The summed E-state index contributed by atoms with van der Waals surface area (Å²) in [7, 11) is 0. The number of hydrogen-bond donors (Lipinski definition) is 1. The molecule has 22 heavy (non-hydrogen) atoms. The van der Waals surface area contributed by atoms with Gasteiger partial charge in [-0.25, -0.2) is 10.2 Å². The number of hydrogen-bond acceptors (Lipinski definition) is 3. The molecule has 4 heteroatoms. The fourth-order valence-corrected chi connectivity index (χ4v) is 1.95. The van der Waals surface area contributed by atoms with Crippen LogP contribution >= 0.6 is 0 Å². The molecule has 1 N–H and O–H groups in total. The fourth-order valence-electron chi connectivity index (χ4n) is 1.95. The van der Waals surface area contributed by atoms with E-state index < -0.39 is 6.09 Å². The van der Waals surface area contributed by atoms with Crippen molar-refractivity contribution < 1.29 is 9.53 Å². The lowest BCUT2D eigenvalue weighted by atomic mass is 10.0. The first-order valence-electron chi connectivity index (χ1n) is 7.23. The van der Waals surface area contributed by atoms with Crippen LogP contribution in [0.15, 0.2) is 59.7 Å². The van der Waals surface area contributed by atoms with Crippen LogP contribution in [0.2, 0.25) is 0 Å². The van der Waals surface area contributed by atoms with Gasteiger partial charge in [0.05, 0.1) is 11.8 Å². The van der Waals surface area contributed by atoms with E-state index >= 15 is 0 Å². The molecule has 0 unspecified atom stereocenters. The minimum atomic E-state index is -0.560. The third-order valence-corrected chi connectivity index (χ3v) is 2.97. The van der Waals surface area contributed by atoms with Gasteiger partial charge in [-0.2, -0.15) is 5.10 Å². The molecule has 1 amide bonds. The average molecular weight is 296 g/mol. The predicted octanol–water partition coefficient (Wildman–Crippen LogP) is 3.88. The van der Waals surface area contributed by atoms with Crippen LogP contribution in [0.3, 0.4) is 0 Å². The predicted molar refractivity (Wildman–Crippen MR) is 88.0 cm³/mol. The lowest BCUT2D eigenvalue weighted by molar-refractivity contribution is 0.116. The molecule has 0 spiro atoms. The fraction of sp³-hybridized carbons (Fsp3) is 0.222. The van der Waals surface area contributed by atoms with E-state index in [0.29, 0.717) is 5.71 Å². The van der Waals surface area contributed by atoms with Crippen molar-refractivity contribution in [2.24, 2.45) is 5.10 Å². The Labute approximate surface area is 130 Å². The summed E-state index contributed by atoms with van der Waals surface area (Å²) in [5.41, 5.74) is 6.18. The number of carbonyl (C=O) groups excluding carboxylic acids is 1. The first kappa shape index (κ1) is 15.8. The number of ether oxygens (including phenoxy) is 1. The third kappa shape index (κ3) is 4.45. The first-order chi connectivity index (χ1) is 10.6. The normalized spacial score (nSPS) is 11.4. The van der Waals surface area contributed by atoms with E-state index in [2.05, 4.69) is 10.5 Å². The second kappa shape index (κ2) is 7.41. The van der Waals surface area contributed by atoms with Crippen LogP contribution in [-0.2, 0) is 4.74 Å². The number of aryl methyl sites for hydroxylation is 1. The highest BCUT2D eigenvalue weighted by Gasteiger charge is 2.09. The molecule has 0 atom stereocenters. The molecule has 0 fully saturated rings. The number of nitrogens with zero attached hydrogens (tertiary/aromatic N) is 1. The number of carbonyl (C=O) groups is 1. The smallest absolute Gasteiger partial charge is 0.428 e. The molecular formula is C18H20N2O2. The molecule has 0 aliphatic rings. The highest BCUT2D eigenvalue weighted by atomic mass is 16.6. The number of benzene rings is 2. The summed E-state index contributed by atoms with van der Waals surface area (Å²) in [5.74, 6) is 0. The van der Waals surface area contributed by atoms with Crippen molar-refractivity contribution in [3.05, 3.63) is 71.3 Å². The van der Waals surface area contributed by atoms with Crippen LogP contribution in [0.5, 0.6) is 0 Å². The molecule has 0 aliphatic heterocycles. The quantitative estimate of drug-likeness (QED) is 0.687. The Morgan fingerprint density at radius 1 is 1.00 bits per heavy atom. The Bertz CT molecular complexity index is 647. The molecule has 2 aromatic rings. The standard InChI is InChI=1S/C18H20N2O2/c1-13(2)22-18(21)20-19-17(15-7-5-4-6-8-15)16-11-9-14(3)10-12-16/h4-13H,1-3H3,(H,20,21)/b19-17+. The lowest BCUT2D eigenvalue weighted by Gasteiger charge is -2.10. The van der Waals surface area contributed by atoms with Gasteiger partial charge in [0.25, 0.3) is 0 Å². The molecule has 0 saturated carbocycles. The molecule has 0 aromatic heterocycles. The number of hydrazone groups is 1. The van der Waals surface area contributed by atoms with Crippen LogP contribution in [0, 0.1) is 6.92 Å². The van der Waals surface area contributed by atoms with Crippen LogP contribution in [0.1, 0.15) is 30.5 Å². The summed E-state index contributed by atoms with van der Waals surface area (Å²) in [4.78, 5) is 11.6. The van der Waals surface area contributed by atoms with Crippen molar-refractivity contribution in [1.82, 2.24) is 5.43 Å². The molecule has 0 saturated heterocycles. The maximum absolute atomic E-state index is 11.6. The maximum atomic E-state index is 11.6. The van der Waals surface area contributed by atoms with Gasteiger partial charge in [0.1, 0.15) is 0 Å². The van der Waals surface area contributed by atoms with Gasteiger partial charge in [-0.3, -0.25) is 0 Å². The molecule has 0 bridgehead atoms. The van der Waals surface area contributed by atoms with Crippen molar-refractivity contribution >= 4 is 11.8 Å². The van der Waals surface area contributed by atoms with E-state index in [1.54, 1.807) is 13.8 Å². The Hall–Kier alpha value is -2.62. The summed E-state index contributed by atoms with van der Waals surface area (Å²) in [6.45, 7) is 5.62. The Balaban J connectivity index is 2.30. The van der Waals surface area contributed by atoms with Gasteiger partial charge < -0.3 is 4.74 Å². The first-order valence-corrected chi connectivity index (χ1v) is 7.23. The minimum absolute atomic E-state index is 0.185. The van der Waals surface area contributed by atoms with Crippen molar-refractivity contribution in [1.29, 1.82) is 0 Å². The number of rotatable bonds is 4. The summed E-state index contributed by atoms with van der Waals surface area (Å²) in [6, 6.07) is 17.7. The summed E-state index contributed by atoms with van der Waals surface area (Å²) in [5, 5.41) is 4.24. The van der Waals surface area contributed by atoms with E-state index in [1.807, 2.05) is 61.5 Å². The summed E-state index contributed by atoms with van der Waals surface area (Å²) < 4.78 is 5.03. The molecule has 2 rings (SSSR count). The molecule has 4 nitrogen and oxygen atoms in total. The van der Waals surface area contributed by atoms with Crippen molar-refractivity contribution in [3.8, 4) is 0 Å². The van der Waals surface area contributed by atoms with Gasteiger partial charge in [-0.15, -0.1) is 0 Å². The zero-order valence-corrected chi connectivity index (χ0v) is 13.0. The minimum Gasteiger partial charge on any atom is -0.446 e. The van der Waals surface area contributed by atoms with Gasteiger partial charge in [-0.05, 0) is 20.8 Å². The van der Waals surface area contributed by atoms with E-state index in [0.717, 1.165) is 11.1 Å². The van der Waals surface area contributed by atoms with Crippen LogP contribution in [-0.4, -0.2) is 17.9 Å². The zero-order chi connectivity index (χ0) is 15.9. The Morgan fingerprint density at radius 2 is 1.59 bits per heavy atom. The Kier molecular flexibility index (Phi) is 5.31. The van der Waals surface area contributed by atoms with Crippen LogP contribution in [0.4, 0.5) is 4.79 Å². The van der Waals surface area contributed by atoms with Crippen molar-refractivity contribution in [2.75, 3.05) is 0 Å². The van der Waals surface area contributed by atoms with E-state index in [9.17, 15) is 4.79 Å². The zero-order valence-electron chi connectivity index (χ0n) is 13.0. The van der Waals surface area contributed by atoms with Crippen molar-refractivity contribution in [3.63, 3.8) is 0 Å². The number of nitrogens with one attached hydrogen (secondary N) is 1. The highest BCUT2D eigenvalue weighted by Crippen LogP contribution is 2.12. The van der Waals surface area contributed by atoms with Crippen molar-refractivity contribution in [2.45, 2.75) is 26.9 Å². The molecule has 114 valence electrons. The lowest BCUT2D eigenvalue weighted by Crippen LogP contribution is -2.24. The third-order valence-electron chi connectivity index (χ3n) is 2.97. The van der Waals surface area contributed by atoms with E-state index in [4.69, 9.17) is 4.74 Å². The van der Waals surface area contributed by atoms with Gasteiger partial charge in [-0.1, -0.05) is 60.2 Å². The molecule has 0 aliphatic carbocycles. The molecule has 0 radical (unpaired) electrons. The van der Waals surface area contributed by atoms with Crippen LogP contribution in [0.25, 0.3) is 0 Å². The van der Waals surface area contributed by atoms with Gasteiger partial charge >= 0.3 is 6.09 Å².